The van der Waals surface area contributed by atoms with E-state index in [0.29, 0.717) is 5.56 Å². The van der Waals surface area contributed by atoms with Crippen LogP contribution in [0, 0.1) is 9.39 Å². The van der Waals surface area contributed by atoms with Crippen molar-refractivity contribution in [3.05, 3.63) is 33.1 Å². The molecule has 0 aliphatic rings. The summed E-state index contributed by atoms with van der Waals surface area (Å²) in [5, 5.41) is 0. The highest BCUT2D eigenvalue weighted by Gasteiger charge is 1.97. The van der Waals surface area contributed by atoms with Gasteiger partial charge in [0.1, 0.15) is 5.82 Å². The Kier molecular flexibility index (Phi) is 2.71. The summed E-state index contributed by atoms with van der Waals surface area (Å²) < 4.78 is 13.7. The summed E-state index contributed by atoms with van der Waals surface area (Å²) in [5.41, 5.74) is 0.570. The van der Waals surface area contributed by atoms with Crippen LogP contribution in [-0.4, -0.2) is 7.85 Å². The molecule has 0 fully saturated rings. The lowest BCUT2D eigenvalue weighted by molar-refractivity contribution is 0.616. The number of rotatable bonds is 1. The Morgan fingerprint density at radius 2 is 2.20 bits per heavy atom. The predicted octanol–water partition coefficient (Wildman–Crippen LogP) is 2.10. The van der Waals surface area contributed by atoms with Crippen molar-refractivity contribution in [2.45, 2.75) is 6.32 Å². The van der Waals surface area contributed by atoms with Crippen molar-refractivity contribution in [3.8, 4) is 0 Å². The second kappa shape index (κ2) is 3.37. The molecule has 1 rings (SSSR count). The van der Waals surface area contributed by atoms with E-state index in [4.69, 9.17) is 7.85 Å². The van der Waals surface area contributed by atoms with Crippen LogP contribution in [0.3, 0.4) is 0 Å². The third kappa shape index (κ3) is 1.72. The topological polar surface area (TPSA) is 0 Å². The van der Waals surface area contributed by atoms with Gasteiger partial charge in [0.25, 0.3) is 0 Å². The van der Waals surface area contributed by atoms with Gasteiger partial charge in [-0.25, -0.2) is 4.39 Å². The molecule has 10 heavy (non-hydrogen) atoms. The van der Waals surface area contributed by atoms with Gasteiger partial charge in [0.15, 0.2) is 0 Å². The van der Waals surface area contributed by atoms with E-state index in [1.807, 2.05) is 6.07 Å². The molecular weight excluding hydrogens is 241 g/mol. The molecule has 0 unspecified atom stereocenters. The summed E-state index contributed by atoms with van der Waals surface area (Å²) in [6.45, 7) is 0. The molecule has 50 valence electrons. The van der Waals surface area contributed by atoms with Gasteiger partial charge in [-0.05, 0) is 40.3 Å². The first kappa shape index (κ1) is 8.05. The van der Waals surface area contributed by atoms with Gasteiger partial charge in [0.05, 0.1) is 7.85 Å². The Bertz CT molecular complexity index is 237. The lowest BCUT2D eigenvalue weighted by atomic mass is 9.97. The number of hydrogen-bond donors (Lipinski definition) is 0. The van der Waals surface area contributed by atoms with E-state index >= 15 is 0 Å². The first-order valence-electron chi connectivity index (χ1n) is 2.88. The van der Waals surface area contributed by atoms with E-state index in [0.717, 1.165) is 3.57 Å². The molecule has 0 N–H and O–H groups in total. The molecule has 0 spiro atoms. The van der Waals surface area contributed by atoms with Crippen molar-refractivity contribution in [2.24, 2.45) is 0 Å². The molecular formula is C7H5BFI. The maximum Gasteiger partial charge on any atom is 0.126 e. The minimum absolute atomic E-state index is 0.214. The van der Waals surface area contributed by atoms with Gasteiger partial charge in [-0.2, -0.15) is 0 Å². The Labute approximate surface area is 74.4 Å². The highest BCUT2D eigenvalue weighted by molar-refractivity contribution is 14.1. The minimum atomic E-state index is -0.214. The third-order valence-corrected chi connectivity index (χ3v) is 1.91. The predicted molar refractivity (Wildman–Crippen MR) is 48.6 cm³/mol. The third-order valence-electron chi connectivity index (χ3n) is 1.24. The first-order chi connectivity index (χ1) is 4.74. The van der Waals surface area contributed by atoms with Crippen LogP contribution in [0.1, 0.15) is 5.56 Å². The minimum Gasteiger partial charge on any atom is -0.207 e. The van der Waals surface area contributed by atoms with Gasteiger partial charge >= 0.3 is 0 Å². The second-order valence-corrected chi connectivity index (χ2v) is 3.19. The number of benzene rings is 1. The highest BCUT2D eigenvalue weighted by Crippen LogP contribution is 2.11. The molecule has 0 atom stereocenters. The summed E-state index contributed by atoms with van der Waals surface area (Å²) in [7, 11) is 5.26. The fourth-order valence-corrected chi connectivity index (χ4v) is 1.14. The summed E-state index contributed by atoms with van der Waals surface area (Å²) in [6, 6.07) is 5.02. The second-order valence-electron chi connectivity index (χ2n) is 1.94. The van der Waals surface area contributed by atoms with E-state index < -0.39 is 0 Å². The quantitative estimate of drug-likeness (QED) is 0.525. The molecule has 0 saturated carbocycles. The lowest BCUT2D eigenvalue weighted by Crippen LogP contribution is -1.89. The van der Waals surface area contributed by atoms with Crippen LogP contribution in [0.4, 0.5) is 4.39 Å². The fourth-order valence-electron chi connectivity index (χ4n) is 0.687. The standard InChI is InChI=1S/C7H5BFI/c8-4-5-1-2-6(10)3-7(5)9/h1-3H,4H2. The Balaban J connectivity index is 3.07. The van der Waals surface area contributed by atoms with Gasteiger partial charge in [0, 0.05) is 3.57 Å². The van der Waals surface area contributed by atoms with E-state index in [2.05, 4.69) is 22.6 Å². The zero-order valence-corrected chi connectivity index (χ0v) is 7.43. The van der Waals surface area contributed by atoms with Crippen LogP contribution in [-0.2, 0) is 6.32 Å². The van der Waals surface area contributed by atoms with Gasteiger partial charge in [-0.3, -0.25) is 0 Å². The molecule has 2 radical (unpaired) electrons. The Morgan fingerprint density at radius 3 is 2.70 bits per heavy atom. The first-order valence-corrected chi connectivity index (χ1v) is 3.96. The largest absolute Gasteiger partial charge is 0.207 e. The van der Waals surface area contributed by atoms with Crippen LogP contribution >= 0.6 is 22.6 Å². The molecule has 0 heterocycles. The molecule has 0 aliphatic carbocycles. The average Bonchev–Trinajstić information content (AvgIpc) is 1.88. The average molecular weight is 246 g/mol. The highest BCUT2D eigenvalue weighted by atomic mass is 127. The lowest BCUT2D eigenvalue weighted by Gasteiger charge is -1.97. The normalized spacial score (nSPS) is 9.80. The van der Waals surface area contributed by atoms with Crippen molar-refractivity contribution >= 4 is 30.4 Å². The van der Waals surface area contributed by atoms with E-state index in [1.54, 1.807) is 6.07 Å². The van der Waals surface area contributed by atoms with Gasteiger partial charge in [0.2, 0.25) is 0 Å². The van der Waals surface area contributed by atoms with Crippen LogP contribution in [0.2, 0.25) is 0 Å². The molecule has 0 aliphatic heterocycles. The van der Waals surface area contributed by atoms with Gasteiger partial charge < -0.3 is 0 Å². The van der Waals surface area contributed by atoms with Crippen LogP contribution in [0.5, 0.6) is 0 Å². The van der Waals surface area contributed by atoms with Crippen LogP contribution < -0.4 is 0 Å². The molecule has 0 saturated heterocycles. The summed E-state index contributed by atoms with van der Waals surface area (Å²) in [5.74, 6) is -0.214. The summed E-state index contributed by atoms with van der Waals surface area (Å²) in [4.78, 5) is 0. The Hall–Kier alpha value is -0.0551. The molecule has 3 heteroatoms. The van der Waals surface area contributed by atoms with Crippen molar-refractivity contribution in [2.75, 3.05) is 0 Å². The van der Waals surface area contributed by atoms with Crippen LogP contribution in [0.15, 0.2) is 18.2 Å². The van der Waals surface area contributed by atoms with Crippen molar-refractivity contribution in [1.29, 1.82) is 0 Å². The number of hydrogen-bond acceptors (Lipinski definition) is 0. The SMILES string of the molecule is [B]Cc1ccc(I)cc1F. The maximum absolute atomic E-state index is 12.8. The van der Waals surface area contributed by atoms with Crippen molar-refractivity contribution < 1.29 is 4.39 Å². The van der Waals surface area contributed by atoms with Gasteiger partial charge in [-0.1, -0.05) is 12.4 Å². The zero-order valence-electron chi connectivity index (χ0n) is 5.27. The van der Waals surface area contributed by atoms with E-state index in [-0.39, 0.29) is 12.1 Å². The van der Waals surface area contributed by atoms with Crippen molar-refractivity contribution in [1.82, 2.24) is 0 Å². The molecule has 0 amide bonds. The van der Waals surface area contributed by atoms with Crippen LogP contribution in [0.25, 0.3) is 0 Å². The molecule has 0 nitrogen and oxygen atoms in total. The monoisotopic (exact) mass is 246 g/mol. The van der Waals surface area contributed by atoms with Gasteiger partial charge in [-0.15, -0.1) is 0 Å². The molecule has 1 aromatic carbocycles. The molecule has 0 aromatic heterocycles. The summed E-state index contributed by atoms with van der Waals surface area (Å²) >= 11 is 2.06. The summed E-state index contributed by atoms with van der Waals surface area (Å²) in [6.07, 6.45) is 0.267. The zero-order chi connectivity index (χ0) is 7.56. The smallest absolute Gasteiger partial charge is 0.126 e. The van der Waals surface area contributed by atoms with Crippen molar-refractivity contribution in [3.63, 3.8) is 0 Å². The molecule has 0 bridgehead atoms. The number of halogens is 2. The maximum atomic E-state index is 12.8. The Morgan fingerprint density at radius 1 is 1.50 bits per heavy atom. The van der Waals surface area contributed by atoms with E-state index in [1.165, 1.54) is 6.07 Å². The van der Waals surface area contributed by atoms with E-state index in [9.17, 15) is 4.39 Å². The molecule has 1 aromatic rings. The fraction of sp³-hybridized carbons (Fsp3) is 0.143.